The van der Waals surface area contributed by atoms with E-state index in [0.29, 0.717) is 30.3 Å². The first kappa shape index (κ1) is 23.3. The third-order valence-electron chi connectivity index (χ3n) is 6.40. The molecule has 3 aromatic rings. The minimum absolute atomic E-state index is 0. The molecular weight excluding hydrogens is 441 g/mol. The molecule has 7 heteroatoms. The van der Waals surface area contributed by atoms with Gasteiger partial charge in [-0.3, -0.25) is 4.79 Å². The Morgan fingerprint density at radius 3 is 2.70 bits per heavy atom. The number of carbonyl (C=O) groups is 1. The van der Waals surface area contributed by atoms with Gasteiger partial charge in [0.2, 0.25) is 5.88 Å². The van der Waals surface area contributed by atoms with Gasteiger partial charge in [-0.2, -0.15) is 0 Å². The maximum atomic E-state index is 14.1. The largest absolute Gasteiger partial charge is 0.440 e. The number of para-hydroxylation sites is 1. The minimum Gasteiger partial charge on any atom is -0.440 e. The molecule has 174 valence electrons. The Hall–Kier alpha value is -2.83. The van der Waals surface area contributed by atoms with E-state index in [1.165, 1.54) is 12.1 Å². The molecule has 1 saturated heterocycles. The highest BCUT2D eigenvalue weighted by Gasteiger charge is 2.31. The zero-order valence-corrected chi connectivity index (χ0v) is 19.5. The molecule has 5 rings (SSSR count). The van der Waals surface area contributed by atoms with E-state index in [2.05, 4.69) is 22.0 Å². The SMILES string of the molecule is Cc1ccc(F)cc1Oc1c(C(=O)N2CCNCC2)c2ccccc2n1C1C=CCCC1.Cl. The first-order chi connectivity index (χ1) is 15.6. The number of piperazine rings is 1. The summed E-state index contributed by atoms with van der Waals surface area (Å²) in [5, 5.41) is 4.18. The normalized spacial score (nSPS) is 18.2. The summed E-state index contributed by atoms with van der Waals surface area (Å²) in [5.74, 6) is 0.536. The van der Waals surface area contributed by atoms with E-state index >= 15 is 0 Å². The lowest BCUT2D eigenvalue weighted by atomic mass is 10.0. The molecule has 2 aromatic carbocycles. The van der Waals surface area contributed by atoms with Gasteiger partial charge in [0.1, 0.15) is 17.1 Å². The third-order valence-corrected chi connectivity index (χ3v) is 6.40. The molecule has 5 nitrogen and oxygen atoms in total. The lowest BCUT2D eigenvalue weighted by molar-refractivity contribution is 0.0734. The van der Waals surface area contributed by atoms with Crippen molar-refractivity contribution in [3.05, 3.63) is 71.6 Å². The highest BCUT2D eigenvalue weighted by atomic mass is 35.5. The van der Waals surface area contributed by atoms with Gasteiger partial charge in [-0.1, -0.05) is 36.4 Å². The molecule has 0 saturated carbocycles. The smallest absolute Gasteiger partial charge is 0.260 e. The molecule has 1 aliphatic carbocycles. The summed E-state index contributed by atoms with van der Waals surface area (Å²) in [6.45, 7) is 4.74. The van der Waals surface area contributed by atoms with Gasteiger partial charge in [-0.15, -0.1) is 12.4 Å². The first-order valence-electron chi connectivity index (χ1n) is 11.4. The van der Waals surface area contributed by atoms with Crippen LogP contribution >= 0.6 is 12.4 Å². The van der Waals surface area contributed by atoms with Crippen LogP contribution in [0.25, 0.3) is 10.9 Å². The Bertz CT molecular complexity index is 1180. The van der Waals surface area contributed by atoms with Gasteiger partial charge in [0.25, 0.3) is 5.91 Å². The number of hydrogen-bond acceptors (Lipinski definition) is 3. The van der Waals surface area contributed by atoms with Crippen molar-refractivity contribution < 1.29 is 13.9 Å². The Morgan fingerprint density at radius 1 is 1.15 bits per heavy atom. The second-order valence-corrected chi connectivity index (χ2v) is 8.55. The van der Waals surface area contributed by atoms with E-state index in [-0.39, 0.29) is 30.2 Å². The van der Waals surface area contributed by atoms with Gasteiger partial charge in [-0.25, -0.2) is 4.39 Å². The fourth-order valence-corrected chi connectivity index (χ4v) is 4.70. The number of hydrogen-bond donors (Lipinski definition) is 1. The zero-order valence-electron chi connectivity index (χ0n) is 18.7. The molecule has 33 heavy (non-hydrogen) atoms. The number of carbonyl (C=O) groups excluding carboxylic acids is 1. The van der Waals surface area contributed by atoms with E-state index in [0.717, 1.165) is 48.8 Å². The molecule has 0 bridgehead atoms. The summed E-state index contributed by atoms with van der Waals surface area (Å²) >= 11 is 0. The molecule has 2 heterocycles. The number of nitrogens with zero attached hydrogens (tertiary/aromatic N) is 2. The number of fused-ring (bicyclic) bond motifs is 1. The molecule has 1 aliphatic heterocycles. The molecule has 0 radical (unpaired) electrons. The number of rotatable bonds is 4. The van der Waals surface area contributed by atoms with Crippen LogP contribution in [-0.2, 0) is 0 Å². The van der Waals surface area contributed by atoms with Gasteiger partial charge >= 0.3 is 0 Å². The van der Waals surface area contributed by atoms with E-state index in [9.17, 15) is 9.18 Å². The lowest BCUT2D eigenvalue weighted by Crippen LogP contribution is -2.46. The van der Waals surface area contributed by atoms with E-state index in [1.54, 1.807) is 6.07 Å². The van der Waals surface area contributed by atoms with Gasteiger partial charge in [0.05, 0.1) is 11.6 Å². The number of aromatic nitrogens is 1. The van der Waals surface area contributed by atoms with Crippen LogP contribution in [0.1, 0.15) is 41.2 Å². The number of aryl methyl sites for hydroxylation is 1. The van der Waals surface area contributed by atoms with Crippen LogP contribution in [0.5, 0.6) is 11.6 Å². The first-order valence-corrected chi connectivity index (χ1v) is 11.4. The molecule has 0 spiro atoms. The number of halogens is 2. The molecular formula is C26H29ClFN3O2. The number of amides is 1. The Balaban J connectivity index is 0.00000259. The molecule has 1 aromatic heterocycles. The Morgan fingerprint density at radius 2 is 1.94 bits per heavy atom. The molecule has 2 aliphatic rings. The molecule has 1 atom stereocenters. The molecule has 1 N–H and O–H groups in total. The van der Waals surface area contributed by atoms with Crippen LogP contribution in [0.15, 0.2) is 54.6 Å². The monoisotopic (exact) mass is 469 g/mol. The summed E-state index contributed by atoms with van der Waals surface area (Å²) in [6, 6.07) is 12.6. The maximum absolute atomic E-state index is 14.1. The van der Waals surface area contributed by atoms with Crippen LogP contribution in [0.2, 0.25) is 0 Å². The fourth-order valence-electron chi connectivity index (χ4n) is 4.70. The Kier molecular flexibility index (Phi) is 7.05. The van der Waals surface area contributed by atoms with Crippen LogP contribution in [0.3, 0.4) is 0 Å². The predicted molar refractivity (Wildman–Crippen MR) is 131 cm³/mol. The lowest BCUT2D eigenvalue weighted by Gasteiger charge is -2.28. The van der Waals surface area contributed by atoms with Gasteiger partial charge < -0.3 is 19.5 Å². The second-order valence-electron chi connectivity index (χ2n) is 8.55. The van der Waals surface area contributed by atoms with Crippen LogP contribution in [0.4, 0.5) is 4.39 Å². The number of nitrogens with one attached hydrogen (secondary N) is 1. The van der Waals surface area contributed by atoms with Gasteiger partial charge in [0.15, 0.2) is 0 Å². The summed E-state index contributed by atoms with van der Waals surface area (Å²) in [4.78, 5) is 15.7. The van der Waals surface area contributed by atoms with Crippen molar-refractivity contribution in [2.24, 2.45) is 0 Å². The summed E-state index contributed by atoms with van der Waals surface area (Å²) < 4.78 is 22.6. The van der Waals surface area contributed by atoms with Gasteiger partial charge in [-0.05, 0) is 43.9 Å². The minimum atomic E-state index is -0.360. The Labute approximate surface area is 199 Å². The second kappa shape index (κ2) is 9.98. The predicted octanol–water partition coefficient (Wildman–Crippen LogP) is 5.63. The number of allylic oxidation sites excluding steroid dienone is 2. The summed E-state index contributed by atoms with van der Waals surface area (Å²) in [6.07, 6.45) is 7.49. The van der Waals surface area contributed by atoms with Crippen molar-refractivity contribution in [2.75, 3.05) is 26.2 Å². The maximum Gasteiger partial charge on any atom is 0.260 e. The van der Waals surface area contributed by atoms with E-state index in [4.69, 9.17) is 4.74 Å². The molecule has 1 unspecified atom stereocenters. The van der Waals surface area contributed by atoms with Crippen LogP contribution in [-0.4, -0.2) is 41.6 Å². The summed E-state index contributed by atoms with van der Waals surface area (Å²) in [5.41, 5.74) is 2.35. The van der Waals surface area contributed by atoms with Crippen molar-refractivity contribution in [3.8, 4) is 11.6 Å². The topological polar surface area (TPSA) is 46.5 Å². The highest BCUT2D eigenvalue weighted by Crippen LogP contribution is 2.41. The van der Waals surface area contributed by atoms with Crippen molar-refractivity contribution in [1.29, 1.82) is 0 Å². The zero-order chi connectivity index (χ0) is 22.1. The van der Waals surface area contributed by atoms with Gasteiger partial charge in [0, 0.05) is 37.6 Å². The molecule has 1 fully saturated rings. The highest BCUT2D eigenvalue weighted by molar-refractivity contribution is 6.10. The number of benzene rings is 2. The van der Waals surface area contributed by atoms with Crippen LogP contribution in [0, 0.1) is 12.7 Å². The van der Waals surface area contributed by atoms with E-state index < -0.39 is 0 Å². The average molecular weight is 470 g/mol. The fraction of sp³-hybridized carbons (Fsp3) is 0.346. The van der Waals surface area contributed by atoms with Crippen LogP contribution < -0.4 is 10.1 Å². The van der Waals surface area contributed by atoms with Crippen molar-refractivity contribution in [2.45, 2.75) is 32.2 Å². The average Bonchev–Trinajstić information content (AvgIpc) is 3.15. The van der Waals surface area contributed by atoms with Crippen molar-refractivity contribution in [1.82, 2.24) is 14.8 Å². The molecule has 1 amide bonds. The third kappa shape index (κ3) is 4.50. The summed E-state index contributed by atoms with van der Waals surface area (Å²) in [7, 11) is 0. The van der Waals surface area contributed by atoms with Crippen molar-refractivity contribution >= 4 is 29.2 Å². The quantitative estimate of drug-likeness (QED) is 0.504. The number of ether oxygens (including phenoxy) is 1. The van der Waals surface area contributed by atoms with E-state index in [1.807, 2.05) is 36.1 Å². The standard InChI is InChI=1S/C26H28FN3O2.ClH/c1-18-11-12-19(27)17-23(18)32-26-24(25(31)29-15-13-28-14-16-29)21-9-5-6-10-22(21)30(26)20-7-3-2-4-8-20;/h3,5-7,9-12,17,20,28H,2,4,8,13-16H2,1H3;1H. The van der Waals surface area contributed by atoms with Crippen molar-refractivity contribution in [3.63, 3.8) is 0 Å².